The Morgan fingerprint density at radius 1 is 1.30 bits per heavy atom. The number of hydrogen-bond donors (Lipinski definition) is 3. The van der Waals surface area contributed by atoms with Crippen molar-refractivity contribution in [2.24, 2.45) is 4.99 Å². The fourth-order valence-electron chi connectivity index (χ4n) is 2.74. The zero-order valence-electron chi connectivity index (χ0n) is 16.0. The number of rotatable bonds is 6. The molecule has 1 aromatic carbocycles. The molecular formula is C18H29FIN5O2. The van der Waals surface area contributed by atoms with Crippen LogP contribution in [0, 0.1) is 5.82 Å². The molecule has 0 spiro atoms. The zero-order valence-corrected chi connectivity index (χ0v) is 18.4. The fraction of sp³-hybridized carbons (Fsp3) is 0.556. The molecular weight excluding hydrogens is 464 g/mol. The normalized spacial score (nSPS) is 15.6. The van der Waals surface area contributed by atoms with Crippen molar-refractivity contribution in [2.75, 3.05) is 51.8 Å². The molecule has 1 aliphatic rings. The Bertz CT molecular complexity index is 636. The van der Waals surface area contributed by atoms with Crippen LogP contribution in [-0.2, 0) is 9.53 Å². The Balaban J connectivity index is 0.00000364. The van der Waals surface area contributed by atoms with E-state index in [-0.39, 0.29) is 42.0 Å². The molecule has 1 aromatic rings. The number of carbonyl (C=O) groups is 1. The van der Waals surface area contributed by atoms with E-state index < -0.39 is 5.82 Å². The predicted octanol–water partition coefficient (Wildman–Crippen LogP) is 1.66. The minimum absolute atomic E-state index is 0. The summed E-state index contributed by atoms with van der Waals surface area (Å²) in [6, 6.07) is 5.79. The molecule has 0 bridgehead atoms. The van der Waals surface area contributed by atoms with E-state index in [1.807, 2.05) is 0 Å². The van der Waals surface area contributed by atoms with E-state index >= 15 is 0 Å². The molecule has 2 rings (SSSR count). The van der Waals surface area contributed by atoms with E-state index in [1.54, 1.807) is 19.2 Å². The predicted molar refractivity (Wildman–Crippen MR) is 116 cm³/mol. The summed E-state index contributed by atoms with van der Waals surface area (Å²) in [4.78, 5) is 18.5. The van der Waals surface area contributed by atoms with Gasteiger partial charge in [-0.15, -0.1) is 24.0 Å². The molecule has 0 saturated carbocycles. The van der Waals surface area contributed by atoms with Gasteiger partial charge in [-0.3, -0.25) is 14.7 Å². The molecule has 9 heteroatoms. The molecule has 0 unspecified atom stereocenters. The van der Waals surface area contributed by atoms with Gasteiger partial charge in [0.1, 0.15) is 5.82 Å². The van der Waals surface area contributed by atoms with Gasteiger partial charge in [0.25, 0.3) is 0 Å². The van der Waals surface area contributed by atoms with Gasteiger partial charge in [0.05, 0.1) is 19.8 Å². The van der Waals surface area contributed by atoms with Gasteiger partial charge in [-0.2, -0.15) is 0 Å². The van der Waals surface area contributed by atoms with Crippen LogP contribution in [0.5, 0.6) is 0 Å². The van der Waals surface area contributed by atoms with Crippen LogP contribution < -0.4 is 16.0 Å². The average Bonchev–Trinajstić information content (AvgIpc) is 2.62. The third kappa shape index (κ3) is 7.97. The number of guanidine groups is 1. The van der Waals surface area contributed by atoms with Gasteiger partial charge in [-0.25, -0.2) is 4.39 Å². The van der Waals surface area contributed by atoms with Crippen molar-refractivity contribution in [2.45, 2.75) is 19.4 Å². The molecule has 152 valence electrons. The Morgan fingerprint density at radius 2 is 2.00 bits per heavy atom. The van der Waals surface area contributed by atoms with Crippen molar-refractivity contribution in [3.8, 4) is 0 Å². The number of morpholine rings is 1. The molecule has 27 heavy (non-hydrogen) atoms. The Labute approximate surface area is 177 Å². The number of benzene rings is 1. The first-order chi connectivity index (χ1) is 12.4. The second-order valence-electron chi connectivity index (χ2n) is 6.75. The van der Waals surface area contributed by atoms with E-state index in [0.29, 0.717) is 18.2 Å². The lowest BCUT2D eigenvalue weighted by atomic mass is 10.0. The molecule has 3 N–H and O–H groups in total. The minimum atomic E-state index is -0.390. The van der Waals surface area contributed by atoms with Crippen molar-refractivity contribution in [1.82, 2.24) is 15.5 Å². The summed E-state index contributed by atoms with van der Waals surface area (Å²) < 4.78 is 18.5. The zero-order chi connectivity index (χ0) is 19.0. The van der Waals surface area contributed by atoms with Gasteiger partial charge in [-0.05, 0) is 32.0 Å². The quantitative estimate of drug-likeness (QED) is 0.319. The summed E-state index contributed by atoms with van der Waals surface area (Å²) in [6.07, 6.45) is 0. The summed E-state index contributed by atoms with van der Waals surface area (Å²) in [5.74, 6) is -0.120. The van der Waals surface area contributed by atoms with Crippen LogP contribution in [0.1, 0.15) is 13.8 Å². The molecule has 0 radical (unpaired) electrons. The van der Waals surface area contributed by atoms with Crippen LogP contribution in [0.4, 0.5) is 10.1 Å². The van der Waals surface area contributed by atoms with Crippen LogP contribution in [0.3, 0.4) is 0 Å². The fourth-order valence-corrected chi connectivity index (χ4v) is 2.74. The maximum Gasteiger partial charge on any atom is 0.243 e. The van der Waals surface area contributed by atoms with Crippen LogP contribution in [0.25, 0.3) is 0 Å². The SMILES string of the molecule is CN=C(NCC(=O)Nc1cccc(F)c1)NCC(C)(C)N1CCOCC1.I. The average molecular weight is 493 g/mol. The Hall–Kier alpha value is -1.46. The maximum atomic E-state index is 13.1. The van der Waals surface area contributed by atoms with Crippen LogP contribution in [0.2, 0.25) is 0 Å². The largest absolute Gasteiger partial charge is 0.379 e. The van der Waals surface area contributed by atoms with Gasteiger partial charge in [0, 0.05) is 37.9 Å². The maximum absolute atomic E-state index is 13.1. The van der Waals surface area contributed by atoms with Crippen LogP contribution >= 0.6 is 24.0 Å². The standard InChI is InChI=1S/C18H28FN5O2.HI/c1-18(2,24-7-9-26-10-8-24)13-22-17(20-3)21-12-16(25)23-15-6-4-5-14(19)11-15;/h4-6,11H,7-10,12-13H2,1-3H3,(H,23,25)(H2,20,21,22);1H. The molecule has 1 saturated heterocycles. The van der Waals surface area contributed by atoms with E-state index in [0.717, 1.165) is 26.3 Å². The first kappa shape index (κ1) is 23.6. The lowest BCUT2D eigenvalue weighted by Crippen LogP contribution is -2.56. The second kappa shape index (κ2) is 11.4. The Kier molecular flexibility index (Phi) is 9.95. The van der Waals surface area contributed by atoms with Crippen molar-refractivity contribution in [3.63, 3.8) is 0 Å². The summed E-state index contributed by atoms with van der Waals surface area (Å²) >= 11 is 0. The number of amides is 1. The number of hydrogen-bond acceptors (Lipinski definition) is 4. The Morgan fingerprint density at radius 3 is 2.63 bits per heavy atom. The number of halogens is 2. The first-order valence-electron chi connectivity index (χ1n) is 8.73. The lowest BCUT2D eigenvalue weighted by Gasteiger charge is -2.41. The molecule has 0 aromatic heterocycles. The van der Waals surface area contributed by atoms with Crippen molar-refractivity contribution in [1.29, 1.82) is 0 Å². The highest BCUT2D eigenvalue weighted by Crippen LogP contribution is 2.15. The number of nitrogens with zero attached hydrogens (tertiary/aromatic N) is 2. The van der Waals surface area contributed by atoms with E-state index in [4.69, 9.17) is 4.74 Å². The summed E-state index contributed by atoms with van der Waals surface area (Å²) in [5, 5.41) is 8.86. The van der Waals surface area contributed by atoms with Gasteiger partial charge in [0.2, 0.25) is 5.91 Å². The summed E-state index contributed by atoms with van der Waals surface area (Å²) in [5.41, 5.74) is 0.360. The molecule has 0 aliphatic carbocycles. The highest BCUT2D eigenvalue weighted by Gasteiger charge is 2.28. The summed E-state index contributed by atoms with van der Waals surface area (Å²) in [7, 11) is 1.65. The number of ether oxygens (including phenoxy) is 1. The lowest BCUT2D eigenvalue weighted by molar-refractivity contribution is -0.115. The number of nitrogens with one attached hydrogen (secondary N) is 3. The van der Waals surface area contributed by atoms with E-state index in [9.17, 15) is 9.18 Å². The monoisotopic (exact) mass is 493 g/mol. The highest BCUT2D eigenvalue weighted by molar-refractivity contribution is 14.0. The number of anilines is 1. The van der Waals surface area contributed by atoms with Crippen LogP contribution in [-0.4, -0.2) is 68.7 Å². The molecule has 0 atom stereocenters. The third-order valence-electron chi connectivity index (χ3n) is 4.30. The van der Waals surface area contributed by atoms with Crippen LogP contribution in [0.15, 0.2) is 29.3 Å². The molecule has 1 fully saturated rings. The minimum Gasteiger partial charge on any atom is -0.379 e. The molecule has 1 heterocycles. The van der Waals surface area contributed by atoms with Crippen molar-refractivity contribution < 1.29 is 13.9 Å². The topological polar surface area (TPSA) is 78.0 Å². The smallest absolute Gasteiger partial charge is 0.243 e. The van der Waals surface area contributed by atoms with Crippen molar-refractivity contribution >= 4 is 41.5 Å². The van der Waals surface area contributed by atoms with E-state index in [1.165, 1.54) is 12.1 Å². The van der Waals surface area contributed by atoms with Gasteiger partial charge >= 0.3 is 0 Å². The van der Waals surface area contributed by atoms with E-state index in [2.05, 4.69) is 39.7 Å². The first-order valence-corrected chi connectivity index (χ1v) is 8.73. The second-order valence-corrected chi connectivity index (χ2v) is 6.75. The van der Waals surface area contributed by atoms with Gasteiger partial charge in [0.15, 0.2) is 5.96 Å². The number of aliphatic imine (C=N–C) groups is 1. The molecule has 1 aliphatic heterocycles. The van der Waals surface area contributed by atoms with Gasteiger partial charge < -0.3 is 20.7 Å². The molecule has 1 amide bonds. The van der Waals surface area contributed by atoms with Crippen molar-refractivity contribution in [3.05, 3.63) is 30.1 Å². The highest BCUT2D eigenvalue weighted by atomic mass is 127. The third-order valence-corrected chi connectivity index (χ3v) is 4.30. The summed E-state index contributed by atoms with van der Waals surface area (Å²) in [6.45, 7) is 8.33. The molecule has 7 nitrogen and oxygen atoms in total. The number of carbonyl (C=O) groups excluding carboxylic acids is 1. The van der Waals surface area contributed by atoms with Gasteiger partial charge in [-0.1, -0.05) is 6.07 Å².